The van der Waals surface area contributed by atoms with E-state index in [0.29, 0.717) is 17.5 Å². The third kappa shape index (κ3) is 6.80. The molecular formula is C22H27N5O4S2. The minimum Gasteiger partial charge on any atom is -0.495 e. The lowest BCUT2D eigenvalue weighted by Gasteiger charge is -2.23. The maximum atomic E-state index is 13.6. The molecule has 0 aliphatic rings. The number of rotatable bonds is 11. The van der Waals surface area contributed by atoms with Crippen LogP contribution in [-0.2, 0) is 21.4 Å². The van der Waals surface area contributed by atoms with Crippen molar-refractivity contribution in [3.05, 3.63) is 65.5 Å². The van der Waals surface area contributed by atoms with Crippen LogP contribution in [0.5, 0.6) is 5.75 Å². The van der Waals surface area contributed by atoms with Gasteiger partial charge < -0.3 is 10.1 Å². The zero-order valence-corrected chi connectivity index (χ0v) is 20.4. The zero-order chi connectivity index (χ0) is 23.8. The van der Waals surface area contributed by atoms with Crippen molar-refractivity contribution < 1.29 is 17.9 Å². The number of carbonyl (C=O) groups is 1. The minimum absolute atomic E-state index is 0.0317. The fourth-order valence-corrected chi connectivity index (χ4v) is 5.40. The number of carbonyl (C=O) groups excluding carboxylic acids is 1. The Kier molecular flexibility index (Phi) is 8.48. The number of amides is 1. The molecule has 0 fully saturated rings. The predicted octanol–water partition coefficient (Wildman–Crippen LogP) is 2.53. The number of nitrogens with zero attached hydrogens (tertiary/aromatic N) is 3. The monoisotopic (exact) mass is 489 g/mol. The van der Waals surface area contributed by atoms with Crippen LogP contribution in [0.1, 0.15) is 17.0 Å². The van der Waals surface area contributed by atoms with E-state index < -0.39 is 15.9 Å². The molecule has 3 rings (SSSR count). The van der Waals surface area contributed by atoms with Gasteiger partial charge in [0.05, 0.1) is 13.7 Å². The Morgan fingerprint density at radius 2 is 1.94 bits per heavy atom. The lowest BCUT2D eigenvalue weighted by atomic mass is 10.2. The summed E-state index contributed by atoms with van der Waals surface area (Å²) in [5.41, 5.74) is 1.55. The highest BCUT2D eigenvalue weighted by molar-refractivity contribution is 7.99. The fourth-order valence-electron chi connectivity index (χ4n) is 3.07. The number of thioether (sulfide) groups is 1. The Bertz CT molecular complexity index is 1180. The molecule has 2 N–H and O–H groups in total. The number of aryl methyl sites for hydroxylation is 2. The van der Waals surface area contributed by atoms with E-state index in [9.17, 15) is 13.2 Å². The Hall–Kier alpha value is -2.89. The average Bonchev–Trinajstić information content (AvgIpc) is 3.22. The molecule has 3 aromatic rings. The van der Waals surface area contributed by atoms with E-state index >= 15 is 0 Å². The first-order chi connectivity index (χ1) is 15.8. The van der Waals surface area contributed by atoms with Crippen LogP contribution in [0.2, 0.25) is 0 Å². The average molecular weight is 490 g/mol. The van der Waals surface area contributed by atoms with Gasteiger partial charge >= 0.3 is 0 Å². The van der Waals surface area contributed by atoms with Crippen LogP contribution < -0.4 is 10.1 Å². The topological polar surface area (TPSA) is 117 Å². The highest BCUT2D eigenvalue weighted by Gasteiger charge is 2.30. The van der Waals surface area contributed by atoms with E-state index in [1.807, 2.05) is 37.3 Å². The number of sulfonamides is 1. The summed E-state index contributed by atoms with van der Waals surface area (Å²) < 4.78 is 33.6. The van der Waals surface area contributed by atoms with Gasteiger partial charge in [-0.05, 0) is 37.1 Å². The summed E-state index contributed by atoms with van der Waals surface area (Å²) in [5.74, 6) is 1.11. The molecule has 176 valence electrons. The molecule has 9 nitrogen and oxygen atoms in total. The molecule has 2 aromatic carbocycles. The number of hydrogen-bond acceptors (Lipinski definition) is 7. The SMILES string of the molecule is COc1ccc(C)cc1S(=O)(=O)N(CC(=O)NCCSc1n[nH]c(C)n1)Cc1ccccc1. The number of aromatic amines is 1. The second-order valence-corrected chi connectivity index (χ2v) is 10.3. The summed E-state index contributed by atoms with van der Waals surface area (Å²) in [6, 6.07) is 14.1. The Balaban J connectivity index is 1.73. The van der Waals surface area contributed by atoms with Gasteiger partial charge in [0.15, 0.2) is 0 Å². The first kappa shape index (κ1) is 24.7. The highest BCUT2D eigenvalue weighted by atomic mass is 32.2. The maximum Gasteiger partial charge on any atom is 0.247 e. The number of aromatic nitrogens is 3. The van der Waals surface area contributed by atoms with Gasteiger partial charge in [-0.25, -0.2) is 13.4 Å². The molecule has 0 spiro atoms. The Morgan fingerprint density at radius 3 is 2.61 bits per heavy atom. The molecule has 0 aliphatic carbocycles. The summed E-state index contributed by atoms with van der Waals surface area (Å²) in [7, 11) is -2.59. The fraction of sp³-hybridized carbons (Fsp3) is 0.318. The summed E-state index contributed by atoms with van der Waals surface area (Å²) in [5, 5.41) is 10.2. The van der Waals surface area contributed by atoms with Crippen LogP contribution in [0.4, 0.5) is 0 Å². The van der Waals surface area contributed by atoms with Crippen LogP contribution in [-0.4, -0.2) is 59.8 Å². The molecule has 33 heavy (non-hydrogen) atoms. The number of hydrogen-bond donors (Lipinski definition) is 2. The molecule has 1 amide bonds. The Labute approximate surface area is 198 Å². The van der Waals surface area contributed by atoms with Crippen LogP contribution >= 0.6 is 11.8 Å². The van der Waals surface area contributed by atoms with Crippen molar-refractivity contribution in [3.63, 3.8) is 0 Å². The summed E-state index contributed by atoms with van der Waals surface area (Å²) in [6.07, 6.45) is 0. The maximum absolute atomic E-state index is 13.6. The first-order valence-electron chi connectivity index (χ1n) is 10.3. The van der Waals surface area contributed by atoms with Crippen molar-refractivity contribution in [2.24, 2.45) is 0 Å². The van der Waals surface area contributed by atoms with Crippen LogP contribution in [0, 0.1) is 13.8 Å². The third-order valence-electron chi connectivity index (χ3n) is 4.69. The molecule has 0 unspecified atom stereocenters. The molecule has 0 atom stereocenters. The largest absolute Gasteiger partial charge is 0.495 e. The van der Waals surface area contributed by atoms with Crippen molar-refractivity contribution in [1.29, 1.82) is 0 Å². The van der Waals surface area contributed by atoms with Crippen molar-refractivity contribution in [3.8, 4) is 5.75 Å². The summed E-state index contributed by atoms with van der Waals surface area (Å²) in [4.78, 5) is 16.9. The van der Waals surface area contributed by atoms with E-state index in [1.54, 1.807) is 25.1 Å². The number of ether oxygens (including phenoxy) is 1. The number of H-pyrrole nitrogens is 1. The molecule has 0 radical (unpaired) electrons. The predicted molar refractivity (Wildman–Crippen MR) is 127 cm³/mol. The first-order valence-corrected chi connectivity index (χ1v) is 12.7. The molecule has 1 aromatic heterocycles. The molecule has 0 saturated heterocycles. The molecule has 0 bridgehead atoms. The van der Waals surface area contributed by atoms with Crippen LogP contribution in [0.25, 0.3) is 0 Å². The van der Waals surface area contributed by atoms with Crippen molar-refractivity contribution in [2.75, 3.05) is 26.0 Å². The normalized spacial score (nSPS) is 11.5. The lowest BCUT2D eigenvalue weighted by Crippen LogP contribution is -2.41. The molecule has 1 heterocycles. The van der Waals surface area contributed by atoms with E-state index in [-0.39, 0.29) is 23.7 Å². The second-order valence-electron chi connectivity index (χ2n) is 7.31. The number of methoxy groups -OCH3 is 1. The van der Waals surface area contributed by atoms with Crippen LogP contribution in [0.3, 0.4) is 0 Å². The van der Waals surface area contributed by atoms with Gasteiger partial charge in [-0.3, -0.25) is 9.89 Å². The Morgan fingerprint density at radius 1 is 1.18 bits per heavy atom. The van der Waals surface area contributed by atoms with Gasteiger partial charge in [0.1, 0.15) is 16.5 Å². The molecule has 11 heteroatoms. The van der Waals surface area contributed by atoms with E-state index in [2.05, 4.69) is 20.5 Å². The van der Waals surface area contributed by atoms with Gasteiger partial charge in [0, 0.05) is 18.8 Å². The van der Waals surface area contributed by atoms with Gasteiger partial charge in [0.25, 0.3) is 0 Å². The quantitative estimate of drug-likeness (QED) is 0.314. The summed E-state index contributed by atoms with van der Waals surface area (Å²) >= 11 is 1.40. The van der Waals surface area contributed by atoms with Crippen molar-refractivity contribution in [2.45, 2.75) is 30.4 Å². The van der Waals surface area contributed by atoms with Gasteiger partial charge in [-0.15, -0.1) is 5.10 Å². The van der Waals surface area contributed by atoms with Gasteiger partial charge in [-0.2, -0.15) is 4.31 Å². The number of nitrogens with one attached hydrogen (secondary N) is 2. The van der Waals surface area contributed by atoms with E-state index in [1.165, 1.54) is 23.2 Å². The zero-order valence-electron chi connectivity index (χ0n) is 18.7. The van der Waals surface area contributed by atoms with Crippen molar-refractivity contribution in [1.82, 2.24) is 24.8 Å². The second kappa shape index (κ2) is 11.3. The number of benzene rings is 2. The molecule has 0 saturated carbocycles. The highest BCUT2D eigenvalue weighted by Crippen LogP contribution is 2.28. The van der Waals surface area contributed by atoms with Gasteiger partial charge in [-0.1, -0.05) is 48.2 Å². The van der Waals surface area contributed by atoms with Gasteiger partial charge in [0.2, 0.25) is 21.1 Å². The smallest absolute Gasteiger partial charge is 0.247 e. The molecule has 0 aliphatic heterocycles. The summed E-state index contributed by atoms with van der Waals surface area (Å²) in [6.45, 7) is 3.70. The van der Waals surface area contributed by atoms with Crippen LogP contribution in [0.15, 0.2) is 58.6 Å². The van der Waals surface area contributed by atoms with E-state index in [0.717, 1.165) is 17.0 Å². The third-order valence-corrected chi connectivity index (χ3v) is 7.35. The molecular weight excluding hydrogens is 462 g/mol. The minimum atomic E-state index is -4.01. The lowest BCUT2D eigenvalue weighted by molar-refractivity contribution is -0.121. The standard InChI is InChI=1S/C22H27N5O4S2/c1-16-9-10-19(31-3)20(13-16)33(29,30)27(14-18-7-5-4-6-8-18)15-21(28)23-11-12-32-22-24-17(2)25-26-22/h4-10,13H,11-12,14-15H2,1-3H3,(H,23,28)(H,24,25,26). The van der Waals surface area contributed by atoms with Crippen molar-refractivity contribution >= 4 is 27.7 Å². The van der Waals surface area contributed by atoms with E-state index in [4.69, 9.17) is 4.74 Å².